The van der Waals surface area contributed by atoms with Gasteiger partial charge < -0.3 is 11.3 Å². The van der Waals surface area contributed by atoms with E-state index in [0.717, 1.165) is 0 Å². The van der Waals surface area contributed by atoms with E-state index in [2.05, 4.69) is 0 Å². The van der Waals surface area contributed by atoms with Crippen molar-refractivity contribution in [3.63, 3.8) is 0 Å². The van der Waals surface area contributed by atoms with Gasteiger partial charge in [-0.1, -0.05) is 60.7 Å². The molecule has 0 bridgehead atoms. The van der Waals surface area contributed by atoms with Gasteiger partial charge in [0.15, 0.2) is 5.78 Å². The largest absolute Gasteiger partial charge is 0.380 e. The second-order valence-corrected chi connectivity index (χ2v) is 3.54. The monoisotopic (exact) mass is 229 g/mol. The van der Waals surface area contributed by atoms with E-state index in [-0.39, 0.29) is 11.9 Å². The molecule has 17 heavy (non-hydrogen) atoms. The van der Waals surface area contributed by atoms with Crippen molar-refractivity contribution < 1.29 is 9.90 Å². The van der Waals surface area contributed by atoms with E-state index in [4.69, 9.17) is 0 Å². The molecule has 1 unspecified atom stereocenters. The van der Waals surface area contributed by atoms with Crippen LogP contribution in [-0.2, 0) is 0 Å². The smallest absolute Gasteiger partial charge is 0.195 e. The normalized spacial score (nSPS) is 11.4. The van der Waals surface area contributed by atoms with E-state index in [9.17, 15) is 9.90 Å². The fourth-order valence-corrected chi connectivity index (χ4v) is 1.55. The second kappa shape index (κ2) is 5.94. The Labute approximate surface area is 100 Å². The summed E-state index contributed by atoms with van der Waals surface area (Å²) in [4.78, 5) is 11.9. The maximum atomic E-state index is 11.9. The fraction of sp³-hybridized carbons (Fsp3) is 0.0714. The number of benzene rings is 2. The minimum atomic E-state index is -1.08. The summed E-state index contributed by atoms with van der Waals surface area (Å²) in [7, 11) is 0. The van der Waals surface area contributed by atoms with Crippen molar-refractivity contribution in [2.24, 2.45) is 0 Å². The van der Waals surface area contributed by atoms with E-state index in [0.29, 0.717) is 11.1 Å². The Kier molecular flexibility index (Phi) is 4.57. The van der Waals surface area contributed by atoms with Gasteiger partial charge in [0, 0.05) is 5.56 Å². The Balaban J connectivity index is 0.00000144. The Bertz CT molecular complexity index is 468. The molecule has 4 N–H and O–H groups in total. The predicted octanol–water partition coefficient (Wildman–Crippen LogP) is 2.76. The van der Waals surface area contributed by atoms with Crippen LogP contribution >= 0.6 is 0 Å². The molecule has 1 atom stereocenters. The molecule has 2 aromatic rings. The van der Waals surface area contributed by atoms with Gasteiger partial charge in [0.1, 0.15) is 6.10 Å². The Hall–Kier alpha value is -1.97. The first-order valence-electron chi connectivity index (χ1n) is 5.11. The van der Waals surface area contributed by atoms with Gasteiger partial charge in [-0.2, -0.15) is 0 Å². The lowest BCUT2D eigenvalue weighted by atomic mass is 10.0. The highest BCUT2D eigenvalue weighted by Gasteiger charge is 2.18. The van der Waals surface area contributed by atoms with Gasteiger partial charge in [0.05, 0.1) is 0 Å². The van der Waals surface area contributed by atoms with E-state index in [1.165, 1.54) is 0 Å². The molecule has 3 nitrogen and oxygen atoms in total. The highest BCUT2D eigenvalue weighted by Crippen LogP contribution is 2.17. The zero-order valence-corrected chi connectivity index (χ0v) is 9.41. The SMILES string of the molecule is N.O=C(c1ccccc1)C(O)c1ccccc1. The average molecular weight is 229 g/mol. The molecule has 0 heterocycles. The average Bonchev–Trinajstić information content (AvgIpc) is 2.39. The van der Waals surface area contributed by atoms with E-state index in [1.54, 1.807) is 48.5 Å². The summed E-state index contributed by atoms with van der Waals surface area (Å²) in [5, 5.41) is 9.89. The molecular weight excluding hydrogens is 214 g/mol. The summed E-state index contributed by atoms with van der Waals surface area (Å²) in [5.41, 5.74) is 1.15. The minimum absolute atomic E-state index is 0. The topological polar surface area (TPSA) is 72.3 Å². The third-order valence-corrected chi connectivity index (χ3v) is 2.42. The first-order chi connectivity index (χ1) is 7.79. The number of Topliss-reactive ketones (excluding diaryl/α,β-unsaturated/α-hetero) is 1. The van der Waals surface area contributed by atoms with Crippen molar-refractivity contribution in [3.8, 4) is 0 Å². The predicted molar refractivity (Wildman–Crippen MR) is 67.2 cm³/mol. The number of aliphatic hydroxyl groups is 1. The van der Waals surface area contributed by atoms with Crippen LogP contribution in [0, 0.1) is 0 Å². The maximum absolute atomic E-state index is 11.9. The number of ketones is 1. The van der Waals surface area contributed by atoms with Gasteiger partial charge in [-0.25, -0.2) is 0 Å². The molecule has 2 rings (SSSR count). The summed E-state index contributed by atoms with van der Waals surface area (Å²) < 4.78 is 0. The van der Waals surface area contributed by atoms with Crippen LogP contribution in [0.4, 0.5) is 0 Å². The third kappa shape index (κ3) is 3.00. The molecule has 0 aromatic heterocycles. The molecule has 0 radical (unpaired) electrons. The van der Waals surface area contributed by atoms with Crippen LogP contribution in [-0.4, -0.2) is 10.9 Å². The number of carbonyl (C=O) groups is 1. The van der Waals surface area contributed by atoms with Crippen molar-refractivity contribution >= 4 is 5.78 Å². The van der Waals surface area contributed by atoms with Gasteiger partial charge in [0.2, 0.25) is 0 Å². The Morgan fingerprint density at radius 1 is 0.882 bits per heavy atom. The number of carbonyl (C=O) groups excluding carboxylic acids is 1. The molecule has 0 aliphatic heterocycles. The molecule has 0 fully saturated rings. The molecule has 0 saturated heterocycles. The summed E-state index contributed by atoms with van der Waals surface area (Å²) in [6.07, 6.45) is -1.08. The quantitative estimate of drug-likeness (QED) is 0.795. The van der Waals surface area contributed by atoms with Gasteiger partial charge in [-0.05, 0) is 5.56 Å². The fourth-order valence-electron chi connectivity index (χ4n) is 1.55. The lowest BCUT2D eigenvalue weighted by molar-refractivity contribution is 0.0747. The molecule has 0 aliphatic carbocycles. The Morgan fingerprint density at radius 3 is 1.88 bits per heavy atom. The van der Waals surface area contributed by atoms with Crippen LogP contribution in [0.15, 0.2) is 60.7 Å². The molecular formula is C14H15NO2. The number of aliphatic hydroxyl groups excluding tert-OH is 1. The first-order valence-corrected chi connectivity index (χ1v) is 5.11. The van der Waals surface area contributed by atoms with Crippen LogP contribution in [0.25, 0.3) is 0 Å². The number of hydrogen-bond donors (Lipinski definition) is 2. The number of rotatable bonds is 3. The first kappa shape index (κ1) is 13.1. The van der Waals surface area contributed by atoms with Gasteiger partial charge in [-0.15, -0.1) is 0 Å². The van der Waals surface area contributed by atoms with Crippen molar-refractivity contribution in [2.75, 3.05) is 0 Å². The summed E-state index contributed by atoms with van der Waals surface area (Å²) in [5.74, 6) is -0.271. The molecule has 0 spiro atoms. The van der Waals surface area contributed by atoms with Gasteiger partial charge in [0.25, 0.3) is 0 Å². The van der Waals surface area contributed by atoms with Crippen LogP contribution < -0.4 is 6.15 Å². The minimum Gasteiger partial charge on any atom is -0.380 e. The van der Waals surface area contributed by atoms with Crippen LogP contribution in [0.1, 0.15) is 22.0 Å². The van der Waals surface area contributed by atoms with Gasteiger partial charge >= 0.3 is 0 Å². The van der Waals surface area contributed by atoms with Crippen LogP contribution in [0.2, 0.25) is 0 Å². The zero-order valence-electron chi connectivity index (χ0n) is 9.41. The standard InChI is InChI=1S/C14H12O2.H3N/c15-13(11-7-3-1-4-8-11)14(16)12-9-5-2-6-10-12;/h1-10,13,15H;1H3. The summed E-state index contributed by atoms with van der Waals surface area (Å²) in [6.45, 7) is 0. The van der Waals surface area contributed by atoms with E-state index < -0.39 is 6.10 Å². The van der Waals surface area contributed by atoms with Gasteiger partial charge in [-0.3, -0.25) is 4.79 Å². The summed E-state index contributed by atoms with van der Waals surface area (Å²) in [6, 6.07) is 17.7. The van der Waals surface area contributed by atoms with E-state index >= 15 is 0 Å². The lowest BCUT2D eigenvalue weighted by Gasteiger charge is -2.09. The van der Waals surface area contributed by atoms with Crippen molar-refractivity contribution in [1.29, 1.82) is 0 Å². The van der Waals surface area contributed by atoms with Crippen molar-refractivity contribution in [3.05, 3.63) is 71.8 Å². The molecule has 3 heteroatoms. The molecule has 0 aliphatic rings. The molecule has 0 amide bonds. The third-order valence-electron chi connectivity index (χ3n) is 2.42. The highest BCUT2D eigenvalue weighted by molar-refractivity contribution is 5.99. The highest BCUT2D eigenvalue weighted by atomic mass is 16.3. The second-order valence-electron chi connectivity index (χ2n) is 3.54. The maximum Gasteiger partial charge on any atom is 0.195 e. The van der Waals surface area contributed by atoms with Crippen molar-refractivity contribution in [1.82, 2.24) is 6.15 Å². The zero-order chi connectivity index (χ0) is 11.4. The molecule has 0 saturated carbocycles. The van der Waals surface area contributed by atoms with Crippen LogP contribution in [0.3, 0.4) is 0 Å². The Morgan fingerprint density at radius 2 is 1.35 bits per heavy atom. The lowest BCUT2D eigenvalue weighted by Crippen LogP contribution is -2.11. The van der Waals surface area contributed by atoms with E-state index in [1.807, 2.05) is 12.1 Å². The summed E-state index contributed by atoms with van der Waals surface area (Å²) >= 11 is 0. The van der Waals surface area contributed by atoms with Crippen LogP contribution in [0.5, 0.6) is 0 Å². The molecule has 88 valence electrons. The molecule has 2 aromatic carbocycles. The van der Waals surface area contributed by atoms with Crippen molar-refractivity contribution in [2.45, 2.75) is 6.10 Å². The number of hydrogen-bond acceptors (Lipinski definition) is 3.